The third-order valence-electron chi connectivity index (χ3n) is 5.07. The van der Waals surface area contributed by atoms with Gasteiger partial charge in [-0.15, -0.1) is 10.2 Å². The zero-order valence-electron chi connectivity index (χ0n) is 16.1. The maximum absolute atomic E-state index is 13.0. The lowest BCUT2D eigenvalue weighted by Gasteiger charge is -2.34. The molecule has 1 aliphatic heterocycles. The van der Waals surface area contributed by atoms with Crippen molar-refractivity contribution in [3.8, 4) is 0 Å². The number of aromatic nitrogens is 5. The molecule has 1 aliphatic rings. The van der Waals surface area contributed by atoms with Crippen LogP contribution in [-0.2, 0) is 0 Å². The van der Waals surface area contributed by atoms with Gasteiger partial charge in [0, 0.05) is 32.4 Å². The first kappa shape index (κ1) is 18.4. The van der Waals surface area contributed by atoms with Gasteiger partial charge in [0.05, 0.1) is 5.56 Å². The summed E-state index contributed by atoms with van der Waals surface area (Å²) in [5, 5.41) is 26.3. The van der Waals surface area contributed by atoms with E-state index < -0.39 is 6.10 Å². The summed E-state index contributed by atoms with van der Waals surface area (Å²) in [4.78, 5) is 16.9. The lowest BCUT2D eigenvalue weighted by Crippen LogP contribution is -2.49. The Kier molecular flexibility index (Phi) is 4.71. The molecular weight excluding hydrogens is 362 g/mol. The normalized spacial score (nSPS) is 16.2. The molecule has 10 heteroatoms. The fraction of sp³-hybridized carbons (Fsp3) is 0.500. The van der Waals surface area contributed by atoms with Gasteiger partial charge in [0.15, 0.2) is 17.3 Å². The van der Waals surface area contributed by atoms with Crippen LogP contribution in [0.2, 0.25) is 0 Å². The molecule has 3 aromatic rings. The Hall–Kier alpha value is -3.01. The lowest BCUT2D eigenvalue weighted by molar-refractivity contribution is 0.0745. The van der Waals surface area contributed by atoms with E-state index in [-0.39, 0.29) is 11.8 Å². The fourth-order valence-electron chi connectivity index (χ4n) is 3.35. The molecule has 0 saturated carbocycles. The predicted octanol–water partition coefficient (Wildman–Crippen LogP) is 1.07. The Balaban J connectivity index is 1.51. The lowest BCUT2D eigenvalue weighted by atomic mass is 10.1. The van der Waals surface area contributed by atoms with Gasteiger partial charge in [-0.2, -0.15) is 0 Å². The molecular formula is C18H23N7O3. The maximum atomic E-state index is 13.0. The monoisotopic (exact) mass is 385 g/mol. The Bertz CT molecular complexity index is 988. The highest BCUT2D eigenvalue weighted by atomic mass is 16.6. The van der Waals surface area contributed by atoms with Crippen LogP contribution < -0.4 is 4.90 Å². The van der Waals surface area contributed by atoms with Crippen molar-refractivity contribution in [3.63, 3.8) is 0 Å². The first-order chi connectivity index (χ1) is 13.5. The Morgan fingerprint density at radius 1 is 1.14 bits per heavy atom. The van der Waals surface area contributed by atoms with Crippen LogP contribution in [0.15, 0.2) is 23.0 Å². The summed E-state index contributed by atoms with van der Waals surface area (Å²) >= 11 is 0. The molecule has 1 saturated heterocycles. The van der Waals surface area contributed by atoms with Crippen molar-refractivity contribution < 1.29 is 14.5 Å². The highest BCUT2D eigenvalue weighted by Crippen LogP contribution is 2.22. The topological polar surface area (TPSA) is 113 Å². The number of aliphatic hydroxyl groups is 1. The van der Waals surface area contributed by atoms with E-state index in [1.807, 2.05) is 25.7 Å². The number of fused-ring (bicyclic) bond motifs is 1. The SMILES string of the molecule is Cc1nonc1N1CCN(C(=O)c2ccc3nnc(C(O)C(C)C)n3c2)CC1. The number of anilines is 1. The standard InChI is InChI=1S/C18H23N7O3/c1-11(2)15(26)17-20-19-14-5-4-13(10-25(14)17)18(27)24-8-6-23(7-9-24)16-12(3)21-28-22-16/h4-5,10-11,15,26H,6-9H2,1-3H3. The molecule has 1 amide bonds. The number of carbonyl (C=O) groups is 1. The average molecular weight is 385 g/mol. The number of carbonyl (C=O) groups excluding carboxylic acids is 1. The van der Waals surface area contributed by atoms with Crippen LogP contribution in [0, 0.1) is 12.8 Å². The van der Waals surface area contributed by atoms with E-state index >= 15 is 0 Å². The zero-order valence-corrected chi connectivity index (χ0v) is 16.1. The van der Waals surface area contributed by atoms with Crippen molar-refractivity contribution >= 4 is 17.4 Å². The summed E-state index contributed by atoms with van der Waals surface area (Å²) in [5.74, 6) is 1.10. The molecule has 0 spiro atoms. The molecule has 0 aromatic carbocycles. The molecule has 1 atom stereocenters. The van der Waals surface area contributed by atoms with Gasteiger partial charge in [0.25, 0.3) is 5.91 Å². The van der Waals surface area contributed by atoms with E-state index in [9.17, 15) is 9.90 Å². The van der Waals surface area contributed by atoms with Crippen molar-refractivity contribution in [1.29, 1.82) is 0 Å². The summed E-state index contributed by atoms with van der Waals surface area (Å²) in [6.07, 6.45) is 0.958. The van der Waals surface area contributed by atoms with Crippen LogP contribution >= 0.6 is 0 Å². The van der Waals surface area contributed by atoms with E-state index in [2.05, 4.69) is 25.4 Å². The van der Waals surface area contributed by atoms with Gasteiger partial charge in [-0.05, 0) is 30.1 Å². The minimum atomic E-state index is -0.747. The minimum absolute atomic E-state index is 0.00527. The number of pyridine rings is 1. The first-order valence-electron chi connectivity index (χ1n) is 9.32. The van der Waals surface area contributed by atoms with Crippen molar-refractivity contribution in [2.24, 2.45) is 5.92 Å². The van der Waals surface area contributed by atoms with E-state index in [1.165, 1.54) is 0 Å². The number of hydrogen-bond acceptors (Lipinski definition) is 8. The van der Waals surface area contributed by atoms with Gasteiger partial charge in [-0.1, -0.05) is 19.0 Å². The van der Waals surface area contributed by atoms with Crippen molar-refractivity contribution in [2.75, 3.05) is 31.1 Å². The van der Waals surface area contributed by atoms with Gasteiger partial charge >= 0.3 is 0 Å². The number of nitrogens with zero attached hydrogens (tertiary/aromatic N) is 7. The molecule has 0 aliphatic carbocycles. The van der Waals surface area contributed by atoms with Crippen molar-refractivity contribution in [3.05, 3.63) is 35.4 Å². The minimum Gasteiger partial charge on any atom is -0.385 e. The molecule has 1 N–H and O–H groups in total. The van der Waals surface area contributed by atoms with Crippen LogP contribution in [-0.4, -0.2) is 67.0 Å². The second kappa shape index (κ2) is 7.19. The van der Waals surface area contributed by atoms with E-state index in [0.717, 1.165) is 11.5 Å². The molecule has 0 radical (unpaired) electrons. The smallest absolute Gasteiger partial charge is 0.255 e. The van der Waals surface area contributed by atoms with E-state index in [0.29, 0.717) is 43.2 Å². The predicted molar refractivity (Wildman–Crippen MR) is 99.9 cm³/mol. The summed E-state index contributed by atoms with van der Waals surface area (Å²) in [7, 11) is 0. The number of piperazine rings is 1. The van der Waals surface area contributed by atoms with Gasteiger partial charge in [0.2, 0.25) is 0 Å². The molecule has 4 rings (SSSR count). The highest BCUT2D eigenvalue weighted by molar-refractivity contribution is 5.94. The summed E-state index contributed by atoms with van der Waals surface area (Å²) in [6, 6.07) is 3.49. The van der Waals surface area contributed by atoms with E-state index in [1.54, 1.807) is 22.7 Å². The fourth-order valence-corrected chi connectivity index (χ4v) is 3.35. The summed E-state index contributed by atoms with van der Waals surface area (Å²) in [6.45, 7) is 8.14. The van der Waals surface area contributed by atoms with Crippen LogP contribution in [0.3, 0.4) is 0 Å². The molecule has 1 fully saturated rings. The quantitative estimate of drug-likeness (QED) is 0.710. The number of rotatable bonds is 4. The van der Waals surface area contributed by atoms with Gasteiger partial charge < -0.3 is 14.9 Å². The maximum Gasteiger partial charge on any atom is 0.255 e. The number of amides is 1. The molecule has 1 unspecified atom stereocenters. The highest BCUT2D eigenvalue weighted by Gasteiger charge is 2.26. The van der Waals surface area contributed by atoms with Crippen LogP contribution in [0.1, 0.15) is 41.8 Å². The van der Waals surface area contributed by atoms with E-state index in [4.69, 9.17) is 4.63 Å². The molecule has 0 bridgehead atoms. The summed E-state index contributed by atoms with van der Waals surface area (Å²) < 4.78 is 6.46. The molecule has 4 heterocycles. The average Bonchev–Trinajstić information content (AvgIpc) is 3.32. The van der Waals surface area contributed by atoms with Crippen molar-refractivity contribution in [2.45, 2.75) is 26.9 Å². The Morgan fingerprint density at radius 3 is 2.54 bits per heavy atom. The number of hydrogen-bond donors (Lipinski definition) is 1. The summed E-state index contributed by atoms with van der Waals surface area (Å²) in [5.41, 5.74) is 1.89. The van der Waals surface area contributed by atoms with Gasteiger partial charge in [-0.3, -0.25) is 9.20 Å². The second-order valence-electron chi connectivity index (χ2n) is 7.35. The Labute approximate surface area is 161 Å². The molecule has 3 aromatic heterocycles. The number of aryl methyl sites for hydroxylation is 1. The first-order valence-corrected chi connectivity index (χ1v) is 9.32. The Morgan fingerprint density at radius 2 is 1.89 bits per heavy atom. The zero-order chi connectivity index (χ0) is 19.8. The van der Waals surface area contributed by atoms with Crippen molar-refractivity contribution in [1.82, 2.24) is 29.8 Å². The second-order valence-corrected chi connectivity index (χ2v) is 7.35. The van der Waals surface area contributed by atoms with Gasteiger partial charge in [0.1, 0.15) is 11.8 Å². The molecule has 148 valence electrons. The number of aliphatic hydroxyl groups excluding tert-OH is 1. The third-order valence-corrected chi connectivity index (χ3v) is 5.07. The molecule has 28 heavy (non-hydrogen) atoms. The molecule has 10 nitrogen and oxygen atoms in total. The largest absolute Gasteiger partial charge is 0.385 e. The van der Waals surface area contributed by atoms with Crippen LogP contribution in [0.25, 0.3) is 5.65 Å². The third kappa shape index (κ3) is 3.19. The van der Waals surface area contributed by atoms with Crippen LogP contribution in [0.5, 0.6) is 0 Å². The van der Waals surface area contributed by atoms with Crippen LogP contribution in [0.4, 0.5) is 5.82 Å². The van der Waals surface area contributed by atoms with Gasteiger partial charge in [-0.25, -0.2) is 4.63 Å².